The smallest absolute Gasteiger partial charge is 0.212 e. The van der Waals surface area contributed by atoms with E-state index in [1.54, 1.807) is 12.4 Å². The monoisotopic (exact) mass is 267 g/mol. The molecule has 0 aromatic carbocycles. The minimum atomic E-state index is -0.00136. The number of guanidine groups is 1. The molecule has 5 nitrogen and oxygen atoms in total. The molecule has 2 heterocycles. The van der Waals surface area contributed by atoms with E-state index in [1.807, 2.05) is 11.4 Å². The largest absolute Gasteiger partial charge is 0.370 e. The van der Waals surface area contributed by atoms with Crippen LogP contribution in [0.5, 0.6) is 0 Å². The Morgan fingerprint density at radius 3 is 2.94 bits per heavy atom. The third-order valence-corrected chi connectivity index (χ3v) is 3.00. The van der Waals surface area contributed by atoms with Crippen LogP contribution in [0, 0.1) is 0 Å². The lowest BCUT2D eigenvalue weighted by atomic mass is 10.2. The Balaban J connectivity index is 2.33. The summed E-state index contributed by atoms with van der Waals surface area (Å²) in [4.78, 5) is 12.3. The molecule has 17 heavy (non-hydrogen) atoms. The van der Waals surface area contributed by atoms with Gasteiger partial charge in [-0.1, -0.05) is 0 Å². The zero-order valence-electron chi connectivity index (χ0n) is 8.80. The molecule has 0 radical (unpaired) electrons. The molecule has 0 bridgehead atoms. The van der Waals surface area contributed by atoms with E-state index in [9.17, 15) is 0 Å². The van der Waals surface area contributed by atoms with E-state index in [2.05, 4.69) is 15.0 Å². The number of halogens is 1. The quantitative estimate of drug-likeness (QED) is 0.504. The normalized spacial score (nSPS) is 10.2. The van der Waals surface area contributed by atoms with Crippen LogP contribution in [0.15, 0.2) is 28.8 Å². The molecule has 0 saturated carbocycles. The number of pyridine rings is 1. The van der Waals surface area contributed by atoms with E-state index in [1.165, 1.54) is 11.3 Å². The van der Waals surface area contributed by atoms with Gasteiger partial charge >= 0.3 is 0 Å². The molecule has 0 amide bonds. The van der Waals surface area contributed by atoms with E-state index < -0.39 is 0 Å². The second kappa shape index (κ2) is 5.11. The summed E-state index contributed by atoms with van der Waals surface area (Å²) in [5, 5.41) is 2.40. The highest BCUT2D eigenvalue weighted by atomic mass is 35.5. The standard InChI is InChI=1S/C10H10ClN5S/c11-2-6-1-7(4-14-3-6)8-5-17-10(15-8)16-9(12)13/h1,3-5H,2H2,(H4,12,13,15,16). The van der Waals surface area contributed by atoms with E-state index in [0.717, 1.165) is 16.8 Å². The maximum absolute atomic E-state index is 5.75. The lowest BCUT2D eigenvalue weighted by Crippen LogP contribution is -2.21. The Kier molecular flexibility index (Phi) is 3.55. The topological polar surface area (TPSA) is 90.2 Å². The Hall–Kier alpha value is -1.66. The highest BCUT2D eigenvalue weighted by Crippen LogP contribution is 2.26. The summed E-state index contributed by atoms with van der Waals surface area (Å²) < 4.78 is 0. The van der Waals surface area contributed by atoms with Gasteiger partial charge in [0.05, 0.1) is 5.69 Å². The zero-order valence-corrected chi connectivity index (χ0v) is 10.4. The minimum Gasteiger partial charge on any atom is -0.370 e. The van der Waals surface area contributed by atoms with Crippen molar-refractivity contribution < 1.29 is 0 Å². The average Bonchev–Trinajstić information content (AvgIpc) is 2.77. The fraction of sp³-hybridized carbons (Fsp3) is 0.100. The molecule has 0 unspecified atom stereocenters. The summed E-state index contributed by atoms with van der Waals surface area (Å²) in [5.74, 6) is 0.421. The minimum absolute atomic E-state index is 0.00136. The first-order chi connectivity index (χ1) is 8.19. The van der Waals surface area contributed by atoms with Gasteiger partial charge in [0, 0.05) is 29.2 Å². The summed E-state index contributed by atoms with van der Waals surface area (Å²) in [6.07, 6.45) is 3.45. The van der Waals surface area contributed by atoms with Crippen LogP contribution >= 0.6 is 22.9 Å². The predicted molar refractivity (Wildman–Crippen MR) is 70.4 cm³/mol. The fourth-order valence-corrected chi connectivity index (χ4v) is 2.12. The number of rotatable bonds is 3. The van der Waals surface area contributed by atoms with Crippen LogP contribution in [-0.2, 0) is 5.88 Å². The molecule has 0 atom stereocenters. The van der Waals surface area contributed by atoms with Crippen molar-refractivity contribution in [3.05, 3.63) is 29.4 Å². The molecule has 0 spiro atoms. The Morgan fingerprint density at radius 1 is 1.41 bits per heavy atom. The molecule has 7 heteroatoms. The number of aliphatic imine (C=N–C) groups is 1. The van der Waals surface area contributed by atoms with Crippen molar-refractivity contribution in [3.63, 3.8) is 0 Å². The Labute approximate surface area is 107 Å². The number of nitrogens with zero attached hydrogens (tertiary/aromatic N) is 3. The molecule has 2 aromatic heterocycles. The molecule has 0 fully saturated rings. The maximum Gasteiger partial charge on any atom is 0.212 e. The first-order valence-corrected chi connectivity index (χ1v) is 6.16. The predicted octanol–water partition coefficient (Wildman–Crippen LogP) is 1.85. The molecule has 0 aliphatic rings. The zero-order chi connectivity index (χ0) is 12.3. The highest BCUT2D eigenvalue weighted by molar-refractivity contribution is 7.13. The van der Waals surface area contributed by atoms with Crippen molar-refractivity contribution in [2.75, 3.05) is 0 Å². The molecule has 2 aromatic rings. The summed E-state index contributed by atoms with van der Waals surface area (Å²) in [6.45, 7) is 0. The van der Waals surface area contributed by atoms with Gasteiger partial charge in [0.1, 0.15) is 0 Å². The van der Waals surface area contributed by atoms with Crippen LogP contribution in [0.25, 0.3) is 11.3 Å². The number of aromatic nitrogens is 2. The van der Waals surface area contributed by atoms with Crippen LogP contribution in [0.1, 0.15) is 5.56 Å². The Bertz CT molecular complexity index is 547. The molecular formula is C10H10ClN5S. The van der Waals surface area contributed by atoms with Gasteiger partial charge in [0.2, 0.25) is 5.13 Å². The van der Waals surface area contributed by atoms with E-state index in [-0.39, 0.29) is 5.96 Å². The van der Waals surface area contributed by atoms with Gasteiger partial charge in [-0.05, 0) is 11.6 Å². The van der Waals surface area contributed by atoms with Crippen molar-refractivity contribution in [2.24, 2.45) is 16.5 Å². The average molecular weight is 268 g/mol. The number of hydrogen-bond acceptors (Lipinski definition) is 4. The lowest BCUT2D eigenvalue weighted by molar-refractivity contribution is 1.23. The van der Waals surface area contributed by atoms with Gasteiger partial charge in [0.25, 0.3) is 0 Å². The van der Waals surface area contributed by atoms with Gasteiger partial charge in [-0.25, -0.2) is 4.98 Å². The van der Waals surface area contributed by atoms with E-state index in [0.29, 0.717) is 11.0 Å². The van der Waals surface area contributed by atoms with Gasteiger partial charge in [0.15, 0.2) is 5.96 Å². The third-order valence-electron chi connectivity index (χ3n) is 1.96. The second-order valence-corrected chi connectivity index (χ2v) is 4.37. The second-order valence-electron chi connectivity index (χ2n) is 3.27. The van der Waals surface area contributed by atoms with Crippen molar-refractivity contribution in [1.82, 2.24) is 9.97 Å². The van der Waals surface area contributed by atoms with Crippen molar-refractivity contribution >= 4 is 34.0 Å². The van der Waals surface area contributed by atoms with E-state index in [4.69, 9.17) is 23.1 Å². The number of nitrogens with two attached hydrogens (primary N) is 2. The molecular weight excluding hydrogens is 258 g/mol. The SMILES string of the molecule is NC(N)=Nc1nc(-c2cncc(CCl)c2)cs1. The number of thiazole rings is 1. The van der Waals surface area contributed by atoms with Crippen LogP contribution in [0.2, 0.25) is 0 Å². The van der Waals surface area contributed by atoms with Crippen LogP contribution in [-0.4, -0.2) is 15.9 Å². The third kappa shape index (κ3) is 2.92. The summed E-state index contributed by atoms with van der Waals surface area (Å²) >= 11 is 7.11. The first kappa shape index (κ1) is 11.8. The van der Waals surface area contributed by atoms with E-state index >= 15 is 0 Å². The molecule has 88 valence electrons. The summed E-state index contributed by atoms with van der Waals surface area (Å²) in [6, 6.07) is 1.94. The van der Waals surface area contributed by atoms with Gasteiger partial charge in [-0.3, -0.25) is 4.98 Å². The molecule has 4 N–H and O–H groups in total. The number of alkyl halides is 1. The molecule has 2 rings (SSSR count). The number of hydrogen-bond donors (Lipinski definition) is 2. The van der Waals surface area contributed by atoms with Crippen LogP contribution < -0.4 is 11.5 Å². The highest BCUT2D eigenvalue weighted by Gasteiger charge is 2.05. The van der Waals surface area contributed by atoms with Gasteiger partial charge in [-0.15, -0.1) is 22.9 Å². The van der Waals surface area contributed by atoms with Gasteiger partial charge in [-0.2, -0.15) is 4.99 Å². The van der Waals surface area contributed by atoms with Crippen molar-refractivity contribution in [2.45, 2.75) is 5.88 Å². The van der Waals surface area contributed by atoms with Crippen LogP contribution in [0.4, 0.5) is 5.13 Å². The fourth-order valence-electron chi connectivity index (χ4n) is 1.26. The summed E-state index contributed by atoms with van der Waals surface area (Å²) in [7, 11) is 0. The molecule has 0 aliphatic carbocycles. The lowest BCUT2D eigenvalue weighted by Gasteiger charge is -1.98. The van der Waals surface area contributed by atoms with Crippen molar-refractivity contribution in [1.29, 1.82) is 0 Å². The van der Waals surface area contributed by atoms with Crippen LogP contribution in [0.3, 0.4) is 0 Å². The molecule has 0 aliphatic heterocycles. The maximum atomic E-state index is 5.75. The first-order valence-electron chi connectivity index (χ1n) is 4.74. The van der Waals surface area contributed by atoms with Gasteiger partial charge < -0.3 is 11.5 Å². The van der Waals surface area contributed by atoms with Crippen molar-refractivity contribution in [3.8, 4) is 11.3 Å². The summed E-state index contributed by atoms with van der Waals surface area (Å²) in [5.41, 5.74) is 13.2. The Morgan fingerprint density at radius 2 is 2.24 bits per heavy atom. The molecule has 0 saturated heterocycles.